The zero-order valence-corrected chi connectivity index (χ0v) is 5.41. The molecule has 0 bridgehead atoms. The molecule has 2 heteroatoms. The van der Waals surface area contributed by atoms with Crippen LogP contribution < -0.4 is 0 Å². The second kappa shape index (κ2) is 2.94. The fourth-order valence-electron chi connectivity index (χ4n) is 0.288. The molecule has 1 aromatic heterocycles. The standard InChI is InChI=1S/C5H5O.V/c1-5-2-3-6-4-5;/h2,4H,1H3;/q-1;. The Hall–Kier alpha value is -0.136. The summed E-state index contributed by atoms with van der Waals surface area (Å²) in [5.74, 6) is 0. The Balaban J connectivity index is 0.000000360. The van der Waals surface area contributed by atoms with Crippen molar-refractivity contribution in [3.63, 3.8) is 0 Å². The summed E-state index contributed by atoms with van der Waals surface area (Å²) in [6.07, 6.45) is 4.21. The number of rotatable bonds is 0. The molecule has 0 saturated heterocycles. The third-order valence-corrected chi connectivity index (χ3v) is 0.599. The summed E-state index contributed by atoms with van der Waals surface area (Å²) < 4.78 is 4.59. The van der Waals surface area contributed by atoms with E-state index in [4.69, 9.17) is 0 Å². The van der Waals surface area contributed by atoms with Crippen molar-refractivity contribution < 1.29 is 23.0 Å². The molecule has 7 heavy (non-hydrogen) atoms. The van der Waals surface area contributed by atoms with Gasteiger partial charge in [0.1, 0.15) is 0 Å². The van der Waals surface area contributed by atoms with E-state index in [0.29, 0.717) is 0 Å². The van der Waals surface area contributed by atoms with E-state index in [0.717, 1.165) is 5.56 Å². The Morgan fingerprint density at radius 3 is 2.57 bits per heavy atom. The fourth-order valence-corrected chi connectivity index (χ4v) is 0.288. The van der Waals surface area contributed by atoms with Crippen LogP contribution in [0.4, 0.5) is 0 Å². The van der Waals surface area contributed by atoms with Crippen molar-refractivity contribution in [2.75, 3.05) is 0 Å². The van der Waals surface area contributed by atoms with Crippen molar-refractivity contribution in [2.24, 2.45) is 0 Å². The van der Waals surface area contributed by atoms with Crippen LogP contribution in [-0.4, -0.2) is 0 Å². The van der Waals surface area contributed by atoms with Crippen molar-refractivity contribution in [2.45, 2.75) is 6.92 Å². The molecule has 1 rings (SSSR count). The van der Waals surface area contributed by atoms with E-state index in [1.165, 1.54) is 0 Å². The Morgan fingerprint density at radius 1 is 1.71 bits per heavy atom. The van der Waals surface area contributed by atoms with Gasteiger partial charge in [0.05, 0.1) is 0 Å². The summed E-state index contributed by atoms with van der Waals surface area (Å²) in [4.78, 5) is 0. The molecule has 0 spiro atoms. The first-order valence-electron chi connectivity index (χ1n) is 1.81. The smallest absolute Gasteiger partial charge is 0 e. The normalized spacial score (nSPS) is 7.57. The predicted molar refractivity (Wildman–Crippen MR) is 22.3 cm³/mol. The summed E-state index contributed by atoms with van der Waals surface area (Å²) >= 11 is 0. The van der Waals surface area contributed by atoms with Crippen molar-refractivity contribution in [3.8, 4) is 0 Å². The molecule has 0 atom stereocenters. The molecule has 0 unspecified atom stereocenters. The van der Waals surface area contributed by atoms with Gasteiger partial charge in [-0.2, -0.15) is 5.56 Å². The largest absolute Gasteiger partial charge is 0.599 e. The molecular weight excluding hydrogens is 127 g/mol. The Labute approximate surface area is 54.6 Å². The average molecular weight is 132 g/mol. The van der Waals surface area contributed by atoms with Crippen LogP contribution in [0.2, 0.25) is 0 Å². The molecule has 0 amide bonds. The third-order valence-electron chi connectivity index (χ3n) is 0.599. The molecule has 0 aliphatic carbocycles. The first kappa shape index (κ1) is 6.86. The van der Waals surface area contributed by atoms with Crippen LogP contribution in [0.1, 0.15) is 5.56 Å². The van der Waals surface area contributed by atoms with Gasteiger partial charge < -0.3 is 4.42 Å². The maximum absolute atomic E-state index is 4.59. The molecular formula is C5H5OV-. The maximum atomic E-state index is 4.59. The van der Waals surface area contributed by atoms with Gasteiger partial charge in [0, 0.05) is 18.6 Å². The first-order valence-corrected chi connectivity index (χ1v) is 1.81. The van der Waals surface area contributed by atoms with Crippen molar-refractivity contribution in [1.29, 1.82) is 0 Å². The van der Waals surface area contributed by atoms with Crippen LogP contribution >= 0.6 is 0 Å². The second-order valence-corrected chi connectivity index (χ2v) is 1.24. The predicted octanol–water partition coefficient (Wildman–Crippen LogP) is 1.39. The van der Waals surface area contributed by atoms with Gasteiger partial charge in [-0.05, 0) is 6.26 Å². The molecule has 1 nitrogen and oxygen atoms in total. The summed E-state index contributed by atoms with van der Waals surface area (Å²) in [5, 5.41) is 0. The number of hydrogen-bond acceptors (Lipinski definition) is 1. The van der Waals surface area contributed by atoms with Gasteiger partial charge in [0.15, 0.2) is 0 Å². The Bertz CT molecular complexity index is 112. The minimum Gasteiger partial charge on any atom is -0.599 e. The number of aryl methyl sites for hydroxylation is 1. The van der Waals surface area contributed by atoms with E-state index in [1.807, 2.05) is 6.92 Å². The van der Waals surface area contributed by atoms with Gasteiger partial charge in [-0.25, -0.2) is 0 Å². The van der Waals surface area contributed by atoms with Crippen molar-refractivity contribution in [1.82, 2.24) is 0 Å². The quantitative estimate of drug-likeness (QED) is 0.486. The van der Waals surface area contributed by atoms with E-state index >= 15 is 0 Å². The Kier molecular flexibility index (Phi) is 2.89. The Morgan fingerprint density at radius 2 is 2.43 bits per heavy atom. The summed E-state index contributed by atoms with van der Waals surface area (Å²) in [6, 6.07) is 1.79. The molecule has 0 fully saturated rings. The van der Waals surface area contributed by atoms with Gasteiger partial charge in [0.2, 0.25) is 0 Å². The molecule has 0 saturated carbocycles. The molecule has 1 aromatic rings. The number of furan rings is 1. The molecule has 0 aromatic carbocycles. The van der Waals surface area contributed by atoms with E-state index < -0.39 is 0 Å². The van der Waals surface area contributed by atoms with E-state index in [-0.39, 0.29) is 18.6 Å². The summed E-state index contributed by atoms with van der Waals surface area (Å²) in [6.45, 7) is 1.96. The average Bonchev–Trinajstić information content (AvgIpc) is 1.86. The van der Waals surface area contributed by atoms with Crippen LogP contribution in [0, 0.1) is 13.2 Å². The van der Waals surface area contributed by atoms with Crippen molar-refractivity contribution >= 4 is 0 Å². The molecule has 0 aliphatic rings. The minimum absolute atomic E-state index is 0. The van der Waals surface area contributed by atoms with Crippen LogP contribution in [0.3, 0.4) is 0 Å². The monoisotopic (exact) mass is 132 g/mol. The van der Waals surface area contributed by atoms with Gasteiger partial charge >= 0.3 is 0 Å². The number of hydrogen-bond donors (Lipinski definition) is 0. The third kappa shape index (κ3) is 1.86. The topological polar surface area (TPSA) is 13.1 Å². The van der Waals surface area contributed by atoms with Gasteiger partial charge in [-0.15, -0.1) is 6.07 Å². The molecule has 1 heterocycles. The van der Waals surface area contributed by atoms with E-state index in [1.54, 1.807) is 12.3 Å². The second-order valence-electron chi connectivity index (χ2n) is 1.24. The fraction of sp³-hybridized carbons (Fsp3) is 0.200. The van der Waals surface area contributed by atoms with Crippen molar-refractivity contribution in [3.05, 3.63) is 24.2 Å². The maximum Gasteiger partial charge on any atom is 0 e. The van der Waals surface area contributed by atoms with E-state index in [9.17, 15) is 0 Å². The molecule has 37 valence electrons. The van der Waals surface area contributed by atoms with Crippen LogP contribution in [0.25, 0.3) is 0 Å². The summed E-state index contributed by atoms with van der Waals surface area (Å²) in [5.41, 5.74) is 1.12. The van der Waals surface area contributed by atoms with Crippen LogP contribution in [0.5, 0.6) is 0 Å². The first-order chi connectivity index (χ1) is 2.89. The molecule has 0 aliphatic heterocycles. The van der Waals surface area contributed by atoms with Gasteiger partial charge in [0.25, 0.3) is 0 Å². The SMILES string of the molecule is Cc1c[c-]oc1.[V]. The van der Waals surface area contributed by atoms with Gasteiger partial charge in [-0.1, -0.05) is 13.2 Å². The zero-order valence-electron chi connectivity index (χ0n) is 4.01. The zero-order chi connectivity index (χ0) is 4.41. The van der Waals surface area contributed by atoms with E-state index in [2.05, 4.69) is 10.7 Å². The van der Waals surface area contributed by atoms with Gasteiger partial charge in [-0.3, -0.25) is 0 Å². The van der Waals surface area contributed by atoms with Crippen LogP contribution in [0.15, 0.2) is 16.7 Å². The molecule has 0 N–H and O–H groups in total. The minimum atomic E-state index is 0. The molecule has 1 radical (unpaired) electrons. The summed E-state index contributed by atoms with van der Waals surface area (Å²) in [7, 11) is 0. The van der Waals surface area contributed by atoms with Crippen LogP contribution in [-0.2, 0) is 18.6 Å².